The van der Waals surface area contributed by atoms with Crippen LogP contribution in [0.5, 0.6) is 0 Å². The highest BCUT2D eigenvalue weighted by Crippen LogP contribution is 2.49. The monoisotopic (exact) mass is 162 g/mol. The molecule has 0 aromatic rings. The zero-order chi connectivity index (χ0) is 8.39. The highest BCUT2D eigenvalue weighted by atomic mass is 14.4. The minimum Gasteiger partial charge on any atom is -0.0914 e. The van der Waals surface area contributed by atoms with Crippen molar-refractivity contribution in [3.63, 3.8) is 0 Å². The topological polar surface area (TPSA) is 0 Å². The van der Waals surface area contributed by atoms with Crippen molar-refractivity contribution in [2.45, 2.75) is 39.0 Å². The Morgan fingerprint density at radius 2 is 1.92 bits per heavy atom. The maximum absolute atomic E-state index is 2.44. The van der Waals surface area contributed by atoms with Crippen LogP contribution in [0.15, 0.2) is 23.8 Å². The van der Waals surface area contributed by atoms with E-state index >= 15 is 0 Å². The van der Waals surface area contributed by atoms with Crippen molar-refractivity contribution in [1.29, 1.82) is 0 Å². The highest BCUT2D eigenvalue weighted by molar-refractivity contribution is 5.14. The van der Waals surface area contributed by atoms with Gasteiger partial charge in [-0.05, 0) is 50.9 Å². The number of fused-ring (bicyclic) bond motifs is 1. The molecule has 0 nitrogen and oxygen atoms in total. The van der Waals surface area contributed by atoms with E-state index < -0.39 is 0 Å². The molecule has 0 heteroatoms. The summed E-state index contributed by atoms with van der Waals surface area (Å²) in [6, 6.07) is 0. The summed E-state index contributed by atoms with van der Waals surface area (Å²) in [4.78, 5) is 0. The highest BCUT2D eigenvalue weighted by Gasteiger charge is 2.36. The van der Waals surface area contributed by atoms with Gasteiger partial charge >= 0.3 is 0 Å². The standard InChI is InChI=1S/C12H18/c1-2-3-4-5-10-8-11-6-7-12(11)9-10/h2-3,5,11-12H,4,6-9H2,1H3/b3-2-,10-5?. The van der Waals surface area contributed by atoms with Crippen molar-refractivity contribution in [1.82, 2.24) is 0 Å². The molecule has 0 spiro atoms. The quantitative estimate of drug-likeness (QED) is 0.543. The molecular weight excluding hydrogens is 144 g/mol. The molecule has 0 saturated heterocycles. The van der Waals surface area contributed by atoms with Crippen LogP contribution in [0.2, 0.25) is 0 Å². The molecule has 2 aliphatic carbocycles. The number of hydrogen-bond acceptors (Lipinski definition) is 0. The van der Waals surface area contributed by atoms with Crippen molar-refractivity contribution in [3.05, 3.63) is 23.8 Å². The van der Waals surface area contributed by atoms with Crippen molar-refractivity contribution in [3.8, 4) is 0 Å². The van der Waals surface area contributed by atoms with E-state index in [1.54, 1.807) is 5.57 Å². The van der Waals surface area contributed by atoms with Gasteiger partial charge in [-0.2, -0.15) is 0 Å². The molecule has 12 heavy (non-hydrogen) atoms. The fraction of sp³-hybridized carbons (Fsp3) is 0.667. The van der Waals surface area contributed by atoms with Crippen molar-refractivity contribution >= 4 is 0 Å². The largest absolute Gasteiger partial charge is 0.0914 e. The van der Waals surface area contributed by atoms with E-state index in [9.17, 15) is 0 Å². The fourth-order valence-electron chi connectivity index (χ4n) is 2.47. The Balaban J connectivity index is 1.85. The van der Waals surface area contributed by atoms with Crippen LogP contribution >= 0.6 is 0 Å². The minimum atomic E-state index is 1.09. The lowest BCUT2D eigenvalue weighted by molar-refractivity contribution is 0.219. The number of allylic oxidation sites excluding steroid dienone is 4. The van der Waals surface area contributed by atoms with Gasteiger partial charge in [0.2, 0.25) is 0 Å². The molecule has 2 aliphatic rings. The molecular formula is C12H18. The van der Waals surface area contributed by atoms with Crippen LogP contribution in [-0.4, -0.2) is 0 Å². The third-order valence-corrected chi connectivity index (χ3v) is 3.40. The first kappa shape index (κ1) is 8.10. The first-order valence-corrected chi connectivity index (χ1v) is 5.19. The molecule has 0 aromatic heterocycles. The van der Waals surface area contributed by atoms with E-state index in [0.29, 0.717) is 0 Å². The van der Waals surface area contributed by atoms with Gasteiger partial charge in [0.1, 0.15) is 0 Å². The molecule has 0 aromatic carbocycles. The average molecular weight is 162 g/mol. The van der Waals surface area contributed by atoms with Gasteiger partial charge in [0.05, 0.1) is 0 Å². The minimum absolute atomic E-state index is 1.09. The van der Waals surface area contributed by atoms with Crippen molar-refractivity contribution < 1.29 is 0 Å². The molecule has 0 bridgehead atoms. The fourth-order valence-corrected chi connectivity index (χ4v) is 2.47. The first-order chi connectivity index (χ1) is 5.90. The third kappa shape index (κ3) is 1.48. The molecule has 0 N–H and O–H groups in total. The van der Waals surface area contributed by atoms with Gasteiger partial charge in [0.25, 0.3) is 0 Å². The number of rotatable bonds is 2. The summed E-state index contributed by atoms with van der Waals surface area (Å²) < 4.78 is 0. The Bertz CT molecular complexity index is 196. The lowest BCUT2D eigenvalue weighted by Gasteiger charge is -2.28. The van der Waals surface area contributed by atoms with Crippen LogP contribution in [0, 0.1) is 11.8 Å². The SMILES string of the molecule is C/C=C\CC=C1CC2CCC2C1. The molecule has 2 unspecified atom stereocenters. The smallest absolute Gasteiger partial charge is 0.0167 e. The zero-order valence-corrected chi connectivity index (χ0v) is 7.92. The zero-order valence-electron chi connectivity index (χ0n) is 7.92. The summed E-state index contributed by atoms with van der Waals surface area (Å²) in [5.74, 6) is 2.17. The lowest BCUT2D eigenvalue weighted by atomic mass is 9.77. The van der Waals surface area contributed by atoms with Crippen LogP contribution < -0.4 is 0 Å². The van der Waals surface area contributed by atoms with Crippen LogP contribution in [0.3, 0.4) is 0 Å². The Hall–Kier alpha value is -0.520. The molecule has 0 heterocycles. The summed E-state index contributed by atoms with van der Waals surface area (Å²) >= 11 is 0. The summed E-state index contributed by atoms with van der Waals surface area (Å²) in [6.45, 7) is 2.09. The van der Waals surface area contributed by atoms with E-state index in [4.69, 9.17) is 0 Å². The van der Waals surface area contributed by atoms with E-state index in [1.165, 1.54) is 25.7 Å². The van der Waals surface area contributed by atoms with Gasteiger partial charge in [-0.15, -0.1) is 0 Å². The van der Waals surface area contributed by atoms with Gasteiger partial charge in [-0.1, -0.05) is 23.8 Å². The van der Waals surface area contributed by atoms with Gasteiger partial charge in [-0.3, -0.25) is 0 Å². The first-order valence-electron chi connectivity index (χ1n) is 5.19. The Labute approximate surface area is 75.4 Å². The number of hydrogen-bond donors (Lipinski definition) is 0. The van der Waals surface area contributed by atoms with Crippen molar-refractivity contribution in [2.75, 3.05) is 0 Å². The molecule has 0 aliphatic heterocycles. The van der Waals surface area contributed by atoms with Gasteiger partial charge in [0.15, 0.2) is 0 Å². The summed E-state index contributed by atoms with van der Waals surface area (Å²) in [7, 11) is 0. The molecule has 2 atom stereocenters. The normalized spacial score (nSPS) is 33.6. The van der Waals surface area contributed by atoms with Crippen LogP contribution in [-0.2, 0) is 0 Å². The molecule has 0 amide bonds. The average Bonchev–Trinajstić information content (AvgIpc) is 2.31. The van der Waals surface area contributed by atoms with E-state index in [-0.39, 0.29) is 0 Å². The van der Waals surface area contributed by atoms with Crippen LogP contribution in [0.1, 0.15) is 39.0 Å². The summed E-state index contributed by atoms with van der Waals surface area (Å²) in [6.07, 6.45) is 13.8. The molecule has 2 rings (SSSR count). The second kappa shape index (κ2) is 3.47. The second-order valence-corrected chi connectivity index (χ2v) is 4.17. The van der Waals surface area contributed by atoms with Crippen LogP contribution in [0.25, 0.3) is 0 Å². The summed E-state index contributed by atoms with van der Waals surface area (Å²) in [5.41, 5.74) is 1.74. The molecule has 2 fully saturated rings. The Morgan fingerprint density at radius 1 is 1.25 bits per heavy atom. The van der Waals surface area contributed by atoms with E-state index in [0.717, 1.165) is 18.3 Å². The van der Waals surface area contributed by atoms with Gasteiger partial charge < -0.3 is 0 Å². The second-order valence-electron chi connectivity index (χ2n) is 4.17. The van der Waals surface area contributed by atoms with Gasteiger partial charge in [-0.25, -0.2) is 0 Å². The summed E-state index contributed by atoms with van der Waals surface area (Å²) in [5, 5.41) is 0. The third-order valence-electron chi connectivity index (χ3n) is 3.40. The van der Waals surface area contributed by atoms with Crippen LogP contribution in [0.4, 0.5) is 0 Å². The molecule has 2 saturated carbocycles. The van der Waals surface area contributed by atoms with Gasteiger partial charge in [0, 0.05) is 0 Å². The van der Waals surface area contributed by atoms with E-state index in [1.807, 2.05) is 0 Å². The maximum Gasteiger partial charge on any atom is -0.0167 e. The maximum atomic E-state index is 2.44. The Kier molecular flexibility index (Phi) is 2.34. The molecule has 66 valence electrons. The predicted molar refractivity (Wildman–Crippen MR) is 53.0 cm³/mol. The predicted octanol–water partition coefficient (Wildman–Crippen LogP) is 3.70. The van der Waals surface area contributed by atoms with Crippen molar-refractivity contribution in [2.24, 2.45) is 11.8 Å². The van der Waals surface area contributed by atoms with E-state index in [2.05, 4.69) is 25.2 Å². The lowest BCUT2D eigenvalue weighted by Crippen LogP contribution is -2.18. The Morgan fingerprint density at radius 3 is 2.42 bits per heavy atom. The molecule has 0 radical (unpaired) electrons.